The minimum atomic E-state index is 0.667. The Morgan fingerprint density at radius 3 is 2.75 bits per heavy atom. The molecule has 0 amide bonds. The molecule has 1 aromatic rings. The molecular formula is C18H28N2. The van der Waals surface area contributed by atoms with Crippen molar-refractivity contribution < 1.29 is 0 Å². The smallest absolute Gasteiger partial charge is 0.0350 e. The molecule has 1 N–H and O–H groups in total. The fourth-order valence-electron chi connectivity index (χ4n) is 3.98. The number of hydrogen-bond acceptors (Lipinski definition) is 2. The number of rotatable bonds is 4. The highest BCUT2D eigenvalue weighted by Crippen LogP contribution is 2.34. The molecule has 1 fully saturated rings. The predicted octanol–water partition coefficient (Wildman–Crippen LogP) is 3.39. The van der Waals surface area contributed by atoms with Gasteiger partial charge in [-0.15, -0.1) is 0 Å². The number of nitrogens with one attached hydrogen (secondary N) is 1. The second-order valence-corrected chi connectivity index (χ2v) is 6.39. The van der Waals surface area contributed by atoms with E-state index in [1.807, 2.05) is 0 Å². The van der Waals surface area contributed by atoms with Crippen LogP contribution in [0.2, 0.25) is 0 Å². The van der Waals surface area contributed by atoms with E-state index >= 15 is 0 Å². The van der Waals surface area contributed by atoms with Gasteiger partial charge in [0.05, 0.1) is 0 Å². The molecule has 2 heteroatoms. The van der Waals surface area contributed by atoms with Crippen molar-refractivity contribution in [3.8, 4) is 0 Å². The number of nitrogens with zero attached hydrogens (tertiary/aromatic N) is 1. The topological polar surface area (TPSA) is 15.3 Å². The zero-order chi connectivity index (χ0) is 13.8. The Balaban J connectivity index is 1.72. The minimum absolute atomic E-state index is 0.667. The zero-order valence-corrected chi connectivity index (χ0v) is 12.8. The summed E-state index contributed by atoms with van der Waals surface area (Å²) >= 11 is 0. The first-order valence-corrected chi connectivity index (χ1v) is 8.41. The fraction of sp³-hybridized carbons (Fsp3) is 0.667. The molecule has 1 aromatic carbocycles. The van der Waals surface area contributed by atoms with Crippen molar-refractivity contribution in [3.05, 3.63) is 35.4 Å². The molecule has 3 rings (SSSR count). The maximum absolute atomic E-state index is 3.48. The van der Waals surface area contributed by atoms with Gasteiger partial charge in [-0.2, -0.15) is 0 Å². The lowest BCUT2D eigenvalue weighted by Gasteiger charge is -2.38. The molecule has 1 unspecified atom stereocenters. The Kier molecular flexibility index (Phi) is 4.74. The van der Waals surface area contributed by atoms with Gasteiger partial charge in [-0.05, 0) is 68.8 Å². The van der Waals surface area contributed by atoms with Crippen LogP contribution in [0.4, 0.5) is 0 Å². The summed E-state index contributed by atoms with van der Waals surface area (Å²) < 4.78 is 0. The highest BCUT2D eigenvalue weighted by Gasteiger charge is 2.26. The number of piperidine rings is 1. The summed E-state index contributed by atoms with van der Waals surface area (Å²) in [6, 6.07) is 9.78. The third-order valence-corrected chi connectivity index (χ3v) is 5.14. The molecule has 0 saturated carbocycles. The third kappa shape index (κ3) is 3.07. The molecule has 0 spiro atoms. The van der Waals surface area contributed by atoms with Gasteiger partial charge < -0.3 is 5.32 Å². The average molecular weight is 272 g/mol. The van der Waals surface area contributed by atoms with Gasteiger partial charge in [0.1, 0.15) is 0 Å². The lowest BCUT2D eigenvalue weighted by molar-refractivity contribution is 0.145. The lowest BCUT2D eigenvalue weighted by atomic mass is 9.86. The van der Waals surface area contributed by atoms with Crippen molar-refractivity contribution in [1.82, 2.24) is 10.2 Å². The Hall–Kier alpha value is -0.860. The summed E-state index contributed by atoms with van der Waals surface area (Å²) in [4.78, 5) is 2.74. The molecule has 1 aliphatic heterocycles. The third-order valence-electron chi connectivity index (χ3n) is 5.14. The van der Waals surface area contributed by atoms with Gasteiger partial charge in [0.2, 0.25) is 0 Å². The van der Waals surface area contributed by atoms with Gasteiger partial charge in [-0.25, -0.2) is 0 Å². The molecule has 2 aliphatic rings. The molecule has 2 nitrogen and oxygen atoms in total. The van der Waals surface area contributed by atoms with Crippen LogP contribution in [0.15, 0.2) is 24.3 Å². The highest BCUT2D eigenvalue weighted by molar-refractivity contribution is 5.32. The van der Waals surface area contributed by atoms with Crippen LogP contribution in [-0.4, -0.2) is 31.1 Å². The van der Waals surface area contributed by atoms with E-state index in [2.05, 4.69) is 41.4 Å². The van der Waals surface area contributed by atoms with Crippen LogP contribution < -0.4 is 5.32 Å². The first-order chi connectivity index (χ1) is 9.88. The van der Waals surface area contributed by atoms with Gasteiger partial charge in [0, 0.05) is 12.6 Å². The van der Waals surface area contributed by atoms with Crippen molar-refractivity contribution in [2.24, 2.45) is 5.92 Å². The quantitative estimate of drug-likeness (QED) is 0.904. The van der Waals surface area contributed by atoms with E-state index in [9.17, 15) is 0 Å². The number of aryl methyl sites for hydroxylation is 1. The molecule has 1 atom stereocenters. The van der Waals surface area contributed by atoms with E-state index < -0.39 is 0 Å². The summed E-state index contributed by atoms with van der Waals surface area (Å²) in [6.45, 7) is 7.23. The van der Waals surface area contributed by atoms with Crippen molar-refractivity contribution in [3.63, 3.8) is 0 Å². The van der Waals surface area contributed by atoms with Gasteiger partial charge >= 0.3 is 0 Å². The Bertz CT molecular complexity index is 423. The summed E-state index contributed by atoms with van der Waals surface area (Å²) in [6.07, 6.45) is 6.67. The van der Waals surface area contributed by atoms with Crippen molar-refractivity contribution in [2.75, 3.05) is 26.2 Å². The van der Waals surface area contributed by atoms with Gasteiger partial charge in [-0.1, -0.05) is 31.2 Å². The molecule has 1 aliphatic carbocycles. The summed E-state index contributed by atoms with van der Waals surface area (Å²) in [5, 5.41) is 3.48. The van der Waals surface area contributed by atoms with E-state index in [0.29, 0.717) is 6.04 Å². The van der Waals surface area contributed by atoms with Crippen molar-refractivity contribution in [1.29, 1.82) is 0 Å². The van der Waals surface area contributed by atoms with E-state index in [-0.39, 0.29) is 0 Å². The molecule has 110 valence electrons. The van der Waals surface area contributed by atoms with Crippen molar-refractivity contribution >= 4 is 0 Å². The molecule has 0 aromatic heterocycles. The summed E-state index contributed by atoms with van der Waals surface area (Å²) in [5.74, 6) is 0.894. The Morgan fingerprint density at radius 1 is 1.15 bits per heavy atom. The van der Waals surface area contributed by atoms with Crippen LogP contribution in [0.25, 0.3) is 0 Å². The summed E-state index contributed by atoms with van der Waals surface area (Å²) in [7, 11) is 0. The van der Waals surface area contributed by atoms with E-state index in [1.165, 1.54) is 58.3 Å². The van der Waals surface area contributed by atoms with E-state index in [0.717, 1.165) is 5.92 Å². The predicted molar refractivity (Wildman–Crippen MR) is 85.0 cm³/mol. The summed E-state index contributed by atoms with van der Waals surface area (Å²) in [5.41, 5.74) is 3.20. The van der Waals surface area contributed by atoms with Crippen LogP contribution in [-0.2, 0) is 6.42 Å². The normalized spacial score (nSPS) is 23.8. The molecule has 0 bridgehead atoms. The second kappa shape index (κ2) is 6.73. The number of fused-ring (bicyclic) bond motifs is 1. The molecular weight excluding hydrogens is 244 g/mol. The van der Waals surface area contributed by atoms with Crippen LogP contribution in [0.1, 0.15) is 49.8 Å². The fourth-order valence-corrected chi connectivity index (χ4v) is 3.98. The number of benzene rings is 1. The number of hydrogen-bond donors (Lipinski definition) is 1. The van der Waals surface area contributed by atoms with Gasteiger partial charge in [0.25, 0.3) is 0 Å². The Morgan fingerprint density at radius 2 is 1.95 bits per heavy atom. The maximum atomic E-state index is 3.48. The molecule has 0 radical (unpaired) electrons. The lowest BCUT2D eigenvalue weighted by Crippen LogP contribution is -2.39. The maximum Gasteiger partial charge on any atom is 0.0350 e. The standard InChI is InChI=1S/C18H28N2/c1-2-20(14-15-10-12-19-13-11-15)18-9-5-7-16-6-3-4-8-17(16)18/h3-4,6,8,15,18-19H,2,5,7,9-14H2,1H3. The molecule has 1 saturated heterocycles. The van der Waals surface area contributed by atoms with Crippen LogP contribution >= 0.6 is 0 Å². The molecule has 20 heavy (non-hydrogen) atoms. The Labute approximate surface area is 123 Å². The van der Waals surface area contributed by atoms with Gasteiger partial charge in [-0.3, -0.25) is 4.90 Å². The zero-order valence-electron chi connectivity index (χ0n) is 12.8. The van der Waals surface area contributed by atoms with Crippen LogP contribution in [0, 0.1) is 5.92 Å². The van der Waals surface area contributed by atoms with E-state index in [1.54, 1.807) is 11.1 Å². The van der Waals surface area contributed by atoms with Crippen molar-refractivity contribution in [2.45, 2.75) is 45.1 Å². The monoisotopic (exact) mass is 272 g/mol. The van der Waals surface area contributed by atoms with Gasteiger partial charge in [0.15, 0.2) is 0 Å². The largest absolute Gasteiger partial charge is 0.317 e. The SMILES string of the molecule is CCN(CC1CCNCC1)C1CCCc2ccccc21. The van der Waals surface area contributed by atoms with Crippen LogP contribution in [0.5, 0.6) is 0 Å². The molecule has 1 heterocycles. The highest BCUT2D eigenvalue weighted by atomic mass is 15.2. The second-order valence-electron chi connectivity index (χ2n) is 6.39. The van der Waals surface area contributed by atoms with E-state index in [4.69, 9.17) is 0 Å². The average Bonchev–Trinajstić information content (AvgIpc) is 2.53. The van der Waals surface area contributed by atoms with Crippen LogP contribution in [0.3, 0.4) is 0 Å². The first kappa shape index (κ1) is 14.1. The first-order valence-electron chi connectivity index (χ1n) is 8.41. The minimum Gasteiger partial charge on any atom is -0.317 e.